The maximum Gasteiger partial charge on any atom is 0.341 e. The number of carbonyl (C=O) groups excluding carboxylic acids is 1. The van der Waals surface area contributed by atoms with Crippen LogP contribution in [-0.2, 0) is 9.53 Å². The fourth-order valence-corrected chi connectivity index (χ4v) is 2.90. The van der Waals surface area contributed by atoms with Crippen LogP contribution in [-0.4, -0.2) is 60.9 Å². The fraction of sp³-hybridized carbons (Fsp3) is 0.600. The molecule has 1 aromatic carbocycles. The number of carbonyl (C=O) groups is 2. The molecule has 1 aliphatic heterocycles. The molecule has 0 bridgehead atoms. The smallest absolute Gasteiger partial charge is 0.341 e. The molecule has 1 amide bonds. The number of amides is 1. The van der Waals surface area contributed by atoms with Gasteiger partial charge in [0.15, 0.2) is 18.1 Å². The molecular formula is C20H29NO6. The van der Waals surface area contributed by atoms with Gasteiger partial charge in [-0.05, 0) is 43.9 Å². The van der Waals surface area contributed by atoms with Crippen molar-refractivity contribution in [1.82, 2.24) is 4.90 Å². The predicted octanol–water partition coefficient (Wildman–Crippen LogP) is 2.83. The van der Waals surface area contributed by atoms with E-state index in [1.165, 1.54) is 0 Å². The zero-order valence-corrected chi connectivity index (χ0v) is 16.3. The Morgan fingerprint density at radius 2 is 1.89 bits per heavy atom. The van der Waals surface area contributed by atoms with Gasteiger partial charge in [0.2, 0.25) is 0 Å². The van der Waals surface area contributed by atoms with Crippen molar-refractivity contribution in [3.8, 4) is 11.5 Å². The van der Waals surface area contributed by atoms with E-state index in [0.29, 0.717) is 42.7 Å². The zero-order chi connectivity index (χ0) is 19.8. The molecule has 150 valence electrons. The number of carboxylic acid groups (broad SMARTS) is 1. The van der Waals surface area contributed by atoms with Crippen LogP contribution in [0.1, 0.15) is 44.0 Å². The number of benzene rings is 1. The highest BCUT2D eigenvalue weighted by Gasteiger charge is 2.25. The predicted molar refractivity (Wildman–Crippen MR) is 100 cm³/mol. The maximum atomic E-state index is 12.8. The van der Waals surface area contributed by atoms with Crippen molar-refractivity contribution in [2.45, 2.75) is 39.7 Å². The standard InChI is InChI=1S/C20H29NO6/c1-4-25-18-11-15(5-6-17(18)27-13-19(22)23)20(24)21-9-7-16(8-10-21)26-12-14(2)3/h5-6,11,14,16H,4,7-10,12-13H2,1-3H3,(H,22,23). The Balaban J connectivity index is 1.99. The number of nitrogens with zero attached hydrogens (tertiary/aromatic N) is 1. The number of likely N-dealkylation sites (tertiary alicyclic amines) is 1. The SMILES string of the molecule is CCOc1cc(C(=O)N2CCC(OCC(C)C)CC2)ccc1OCC(=O)O. The largest absolute Gasteiger partial charge is 0.490 e. The first-order chi connectivity index (χ1) is 12.9. The van der Waals surface area contributed by atoms with Crippen molar-refractivity contribution < 1.29 is 28.9 Å². The zero-order valence-electron chi connectivity index (χ0n) is 16.3. The minimum Gasteiger partial charge on any atom is -0.490 e. The Morgan fingerprint density at radius 1 is 1.19 bits per heavy atom. The van der Waals surface area contributed by atoms with Crippen molar-refractivity contribution in [3.05, 3.63) is 23.8 Å². The second kappa shape index (κ2) is 10.2. The third kappa shape index (κ3) is 6.43. The molecule has 7 heteroatoms. The van der Waals surface area contributed by atoms with Gasteiger partial charge in [-0.1, -0.05) is 13.8 Å². The summed E-state index contributed by atoms with van der Waals surface area (Å²) >= 11 is 0. The molecule has 0 aliphatic carbocycles. The van der Waals surface area contributed by atoms with Crippen molar-refractivity contribution in [1.29, 1.82) is 0 Å². The van der Waals surface area contributed by atoms with Crippen LogP contribution in [0.4, 0.5) is 0 Å². The highest BCUT2D eigenvalue weighted by molar-refractivity contribution is 5.95. The van der Waals surface area contributed by atoms with Gasteiger partial charge in [0.1, 0.15) is 0 Å². The fourth-order valence-electron chi connectivity index (χ4n) is 2.90. The summed E-state index contributed by atoms with van der Waals surface area (Å²) in [6.07, 6.45) is 1.87. The average molecular weight is 379 g/mol. The van der Waals surface area contributed by atoms with Crippen LogP contribution in [0.2, 0.25) is 0 Å². The number of hydrogen-bond donors (Lipinski definition) is 1. The summed E-state index contributed by atoms with van der Waals surface area (Å²) in [6.45, 7) is 8.05. The minimum absolute atomic E-state index is 0.0666. The summed E-state index contributed by atoms with van der Waals surface area (Å²) in [7, 11) is 0. The summed E-state index contributed by atoms with van der Waals surface area (Å²) in [5, 5.41) is 8.76. The topological polar surface area (TPSA) is 85.3 Å². The van der Waals surface area contributed by atoms with Gasteiger partial charge in [-0.25, -0.2) is 4.79 Å². The Bertz CT molecular complexity index is 637. The van der Waals surface area contributed by atoms with E-state index in [4.69, 9.17) is 19.3 Å². The maximum absolute atomic E-state index is 12.8. The van der Waals surface area contributed by atoms with Crippen molar-refractivity contribution in [2.75, 3.05) is 32.9 Å². The Morgan fingerprint density at radius 3 is 2.48 bits per heavy atom. The first kappa shape index (κ1) is 21.0. The number of carboxylic acids is 1. The molecule has 27 heavy (non-hydrogen) atoms. The van der Waals surface area contributed by atoms with Crippen LogP contribution in [0.3, 0.4) is 0 Å². The van der Waals surface area contributed by atoms with E-state index in [1.54, 1.807) is 18.2 Å². The summed E-state index contributed by atoms with van der Waals surface area (Å²) in [6, 6.07) is 4.84. The summed E-state index contributed by atoms with van der Waals surface area (Å²) < 4.78 is 16.6. The highest BCUT2D eigenvalue weighted by Crippen LogP contribution is 2.29. The van der Waals surface area contributed by atoms with Crippen LogP contribution in [0.25, 0.3) is 0 Å². The van der Waals surface area contributed by atoms with E-state index >= 15 is 0 Å². The Kier molecular flexibility index (Phi) is 7.91. The Hall–Kier alpha value is -2.28. The summed E-state index contributed by atoms with van der Waals surface area (Å²) in [4.78, 5) is 25.3. The van der Waals surface area contributed by atoms with Gasteiger partial charge in [0, 0.05) is 25.3 Å². The lowest BCUT2D eigenvalue weighted by atomic mass is 10.1. The van der Waals surface area contributed by atoms with E-state index < -0.39 is 12.6 Å². The van der Waals surface area contributed by atoms with Crippen molar-refractivity contribution in [2.24, 2.45) is 5.92 Å². The van der Waals surface area contributed by atoms with Crippen molar-refractivity contribution in [3.63, 3.8) is 0 Å². The van der Waals surface area contributed by atoms with Gasteiger partial charge < -0.3 is 24.2 Å². The molecule has 1 N–H and O–H groups in total. The van der Waals surface area contributed by atoms with E-state index in [-0.39, 0.29) is 12.0 Å². The first-order valence-corrected chi connectivity index (χ1v) is 9.43. The quantitative estimate of drug-likeness (QED) is 0.710. The molecule has 2 rings (SSSR count). The number of hydrogen-bond acceptors (Lipinski definition) is 5. The first-order valence-electron chi connectivity index (χ1n) is 9.43. The van der Waals surface area contributed by atoms with Crippen LogP contribution >= 0.6 is 0 Å². The third-order valence-electron chi connectivity index (χ3n) is 4.24. The molecule has 1 fully saturated rings. The monoisotopic (exact) mass is 379 g/mol. The van der Waals surface area contributed by atoms with Crippen LogP contribution < -0.4 is 9.47 Å². The summed E-state index contributed by atoms with van der Waals surface area (Å²) in [5.74, 6) is 0.0584. The van der Waals surface area contributed by atoms with Gasteiger partial charge >= 0.3 is 5.97 Å². The third-order valence-corrected chi connectivity index (χ3v) is 4.24. The molecule has 0 radical (unpaired) electrons. The summed E-state index contributed by atoms with van der Waals surface area (Å²) in [5.41, 5.74) is 0.502. The van der Waals surface area contributed by atoms with E-state index in [1.807, 2.05) is 11.8 Å². The molecule has 0 aromatic heterocycles. The number of piperidine rings is 1. The molecule has 1 saturated heterocycles. The van der Waals surface area contributed by atoms with Gasteiger partial charge in [0.25, 0.3) is 5.91 Å². The van der Waals surface area contributed by atoms with Crippen LogP contribution in [0.5, 0.6) is 11.5 Å². The molecule has 1 aromatic rings. The normalized spacial score (nSPS) is 15.0. The van der Waals surface area contributed by atoms with E-state index in [9.17, 15) is 9.59 Å². The Labute approximate surface area is 160 Å². The number of rotatable bonds is 9. The molecular weight excluding hydrogens is 350 g/mol. The second-order valence-electron chi connectivity index (χ2n) is 7.00. The van der Waals surface area contributed by atoms with Crippen LogP contribution in [0, 0.1) is 5.92 Å². The van der Waals surface area contributed by atoms with Gasteiger partial charge in [0.05, 0.1) is 12.7 Å². The number of ether oxygens (including phenoxy) is 3. The van der Waals surface area contributed by atoms with Gasteiger partial charge in [-0.3, -0.25) is 4.79 Å². The van der Waals surface area contributed by atoms with E-state index in [0.717, 1.165) is 19.4 Å². The average Bonchev–Trinajstić information content (AvgIpc) is 2.65. The lowest BCUT2D eigenvalue weighted by Crippen LogP contribution is -2.41. The molecule has 1 heterocycles. The highest BCUT2D eigenvalue weighted by atomic mass is 16.5. The molecule has 0 unspecified atom stereocenters. The lowest BCUT2D eigenvalue weighted by molar-refractivity contribution is -0.139. The second-order valence-corrected chi connectivity index (χ2v) is 7.00. The van der Waals surface area contributed by atoms with Gasteiger partial charge in [-0.15, -0.1) is 0 Å². The molecule has 0 saturated carbocycles. The van der Waals surface area contributed by atoms with E-state index in [2.05, 4.69) is 13.8 Å². The van der Waals surface area contributed by atoms with Crippen LogP contribution in [0.15, 0.2) is 18.2 Å². The molecule has 7 nitrogen and oxygen atoms in total. The minimum atomic E-state index is -1.07. The molecule has 1 aliphatic rings. The van der Waals surface area contributed by atoms with Gasteiger partial charge in [-0.2, -0.15) is 0 Å². The number of aliphatic carboxylic acids is 1. The van der Waals surface area contributed by atoms with Crippen molar-refractivity contribution >= 4 is 11.9 Å². The molecule has 0 atom stereocenters. The lowest BCUT2D eigenvalue weighted by Gasteiger charge is -2.32. The molecule has 0 spiro atoms.